The Morgan fingerprint density at radius 1 is 0.841 bits per heavy atom. The van der Waals surface area contributed by atoms with E-state index in [1.54, 1.807) is 12.2 Å². The summed E-state index contributed by atoms with van der Waals surface area (Å²) in [5, 5.41) is 41.7. The van der Waals surface area contributed by atoms with E-state index in [-0.39, 0.29) is 24.0 Å². The Morgan fingerprint density at radius 2 is 1.27 bits per heavy atom. The molecule has 246 valence electrons. The van der Waals surface area contributed by atoms with Crippen LogP contribution in [0.4, 0.5) is 0 Å². The Balaban J connectivity index is 1.32. The van der Waals surface area contributed by atoms with Gasteiger partial charge in [0.1, 0.15) is 36.6 Å². The van der Waals surface area contributed by atoms with Crippen molar-refractivity contribution in [3.8, 4) is 0 Å². The number of nitrogens with two attached hydrogens (primary N) is 2. The normalized spacial score (nSPS) is 34.8. The van der Waals surface area contributed by atoms with Gasteiger partial charge < -0.3 is 56.1 Å². The lowest BCUT2D eigenvalue weighted by atomic mass is 10.1. The zero-order valence-electron chi connectivity index (χ0n) is 23.2. The van der Waals surface area contributed by atoms with Gasteiger partial charge in [0.2, 0.25) is 11.8 Å². The van der Waals surface area contributed by atoms with Gasteiger partial charge in [0.05, 0.1) is 13.2 Å². The van der Waals surface area contributed by atoms with Crippen LogP contribution in [0.3, 0.4) is 0 Å². The van der Waals surface area contributed by atoms with Crippen molar-refractivity contribution in [3.63, 3.8) is 0 Å². The summed E-state index contributed by atoms with van der Waals surface area (Å²) in [5.74, 6) is -1.39. The van der Waals surface area contributed by atoms with E-state index in [1.165, 1.54) is 34.6 Å². The molecule has 0 spiro atoms. The minimum absolute atomic E-state index is 0.207. The summed E-state index contributed by atoms with van der Waals surface area (Å²) in [5.41, 5.74) is 11.0. The van der Waals surface area contributed by atoms with Crippen LogP contribution in [-0.2, 0) is 46.1 Å². The first-order chi connectivity index (χ1) is 20.6. The Labute approximate surface area is 250 Å². The maximum atomic E-state index is 13.0. The maximum absolute atomic E-state index is 13.0. The summed E-state index contributed by atoms with van der Waals surface area (Å²) in [6.45, 7) is -1.59. The van der Waals surface area contributed by atoms with Gasteiger partial charge in [-0.3, -0.25) is 23.2 Å². The average molecular weight is 668 g/mol. The molecule has 0 aliphatic carbocycles. The molecule has 10 atom stereocenters. The van der Waals surface area contributed by atoms with E-state index in [1.807, 2.05) is 0 Å². The molecule has 4 heterocycles. The molecule has 44 heavy (non-hydrogen) atoms. The van der Waals surface area contributed by atoms with Crippen LogP contribution >= 0.6 is 15.6 Å². The highest BCUT2D eigenvalue weighted by atomic mass is 31.3. The molecule has 0 bridgehead atoms. The van der Waals surface area contributed by atoms with Crippen molar-refractivity contribution >= 4 is 27.5 Å². The monoisotopic (exact) mass is 668 g/mol. The van der Waals surface area contributed by atoms with Crippen LogP contribution in [0.5, 0.6) is 0 Å². The third-order valence-electron chi connectivity index (χ3n) is 6.96. The van der Waals surface area contributed by atoms with Gasteiger partial charge in [-0.05, 0) is 12.8 Å². The van der Waals surface area contributed by atoms with E-state index in [4.69, 9.17) is 30.0 Å². The molecule has 21 heteroatoms. The summed E-state index contributed by atoms with van der Waals surface area (Å²) < 4.78 is 55.8. The second-order valence-electron chi connectivity index (χ2n) is 9.97. The number of hydrogen-bond acceptors (Lipinski definition) is 16. The Hall–Kier alpha value is -2.48. The fourth-order valence-corrected chi connectivity index (χ4v) is 7.04. The van der Waals surface area contributed by atoms with Gasteiger partial charge in [-0.25, -0.2) is 9.13 Å². The number of ether oxygens (including phenoxy) is 2. The van der Waals surface area contributed by atoms with Crippen LogP contribution < -0.4 is 11.5 Å². The second-order valence-corrected chi connectivity index (χ2v) is 13.3. The van der Waals surface area contributed by atoms with E-state index in [0.29, 0.717) is 0 Å². The molecule has 9 N–H and O–H groups in total. The fraction of sp³-hybridized carbons (Fsp3) is 0.565. The predicted octanol–water partition coefficient (Wildman–Crippen LogP) is -2.04. The lowest BCUT2D eigenvalue weighted by molar-refractivity contribution is -0.115. The summed E-state index contributed by atoms with van der Waals surface area (Å²) in [4.78, 5) is 35.8. The molecule has 0 saturated carbocycles. The van der Waals surface area contributed by atoms with Crippen molar-refractivity contribution in [2.75, 3.05) is 20.3 Å². The van der Waals surface area contributed by atoms with Gasteiger partial charge in [0.25, 0.3) is 0 Å². The zero-order valence-corrected chi connectivity index (χ0v) is 25.0. The highest BCUT2D eigenvalue weighted by Crippen LogP contribution is 2.63. The summed E-state index contributed by atoms with van der Waals surface area (Å²) >= 11 is 0. The van der Waals surface area contributed by atoms with Gasteiger partial charge in [-0.1, -0.05) is 12.2 Å². The number of primary amides is 2. The van der Waals surface area contributed by atoms with E-state index in [2.05, 4.69) is 8.83 Å². The number of aliphatic hydroxyl groups excluding tert-OH is 4. The molecule has 19 nitrogen and oxygen atoms in total. The van der Waals surface area contributed by atoms with Crippen molar-refractivity contribution in [2.24, 2.45) is 11.5 Å². The molecular formula is C23H34N4O15P2. The first kappa shape index (κ1) is 34.4. The van der Waals surface area contributed by atoms with Crippen LogP contribution in [0, 0.1) is 0 Å². The minimum atomic E-state index is -5.25. The third kappa shape index (κ3) is 7.83. The van der Waals surface area contributed by atoms with E-state index >= 15 is 0 Å². The fourth-order valence-electron chi connectivity index (χ4n) is 4.62. The van der Waals surface area contributed by atoms with E-state index in [9.17, 15) is 44.0 Å². The number of allylic oxidation sites excluding steroid dienone is 2. The Morgan fingerprint density at radius 3 is 1.68 bits per heavy atom. The molecule has 0 aromatic rings. The van der Waals surface area contributed by atoms with Crippen LogP contribution in [0.25, 0.3) is 0 Å². The van der Waals surface area contributed by atoms with Crippen LogP contribution in [0.1, 0.15) is 12.8 Å². The molecule has 4 aliphatic rings. The van der Waals surface area contributed by atoms with Crippen molar-refractivity contribution in [3.05, 3.63) is 48.1 Å². The standard InChI is InChI=1S/C23H34N4O15P2/c1-37-44(36,39-11-15-17(29)19(31)23(41-15)27-7-3-5-13(9-27)21(25)33)42-43(34,35)38-10-14-16(28)18(30)22(40-14)26-6-2-4-12(8-26)20(24)32/h2-3,6-9,14-19,22-23,28-31H,4-5,10-11H2,1H3,(H2,24,32)(H2,25,33)(H,34,35)/t14-,15-,16-,17-,18-,19-,22+,23?,44?/m1/s1. The number of carbonyl (C=O) groups is 2. The highest BCUT2D eigenvalue weighted by Gasteiger charge is 2.49. The highest BCUT2D eigenvalue weighted by molar-refractivity contribution is 7.61. The van der Waals surface area contributed by atoms with E-state index in [0.717, 1.165) is 7.11 Å². The third-order valence-corrected chi connectivity index (χ3v) is 9.97. The number of nitrogens with zero attached hydrogens (tertiary/aromatic N) is 2. The predicted molar refractivity (Wildman–Crippen MR) is 145 cm³/mol. The van der Waals surface area contributed by atoms with E-state index < -0.39 is 89.8 Å². The molecule has 0 radical (unpaired) electrons. The van der Waals surface area contributed by atoms with Crippen molar-refractivity contribution in [2.45, 2.75) is 61.9 Å². The summed E-state index contributed by atoms with van der Waals surface area (Å²) in [7, 11) is -9.28. The second kappa shape index (κ2) is 13.9. The van der Waals surface area contributed by atoms with Crippen LogP contribution in [0.15, 0.2) is 48.1 Å². The molecule has 2 amide bonds. The summed E-state index contributed by atoms with van der Waals surface area (Å²) in [6.07, 6.45) is -2.14. The first-order valence-corrected chi connectivity index (χ1v) is 16.0. The maximum Gasteiger partial charge on any atom is 0.483 e. The van der Waals surface area contributed by atoms with Gasteiger partial charge in [0.15, 0.2) is 12.5 Å². The molecule has 2 fully saturated rings. The average Bonchev–Trinajstić information content (AvgIpc) is 3.44. The minimum Gasteiger partial charge on any atom is -0.387 e. The zero-order chi connectivity index (χ0) is 32.4. The van der Waals surface area contributed by atoms with Gasteiger partial charge in [0, 0.05) is 43.1 Å². The number of rotatable bonds is 13. The molecule has 0 aromatic heterocycles. The van der Waals surface area contributed by atoms with Crippen molar-refractivity contribution in [1.29, 1.82) is 0 Å². The largest absolute Gasteiger partial charge is 0.483 e. The first-order valence-electron chi connectivity index (χ1n) is 13.1. The number of phosphoric acid groups is 2. The molecule has 2 saturated heterocycles. The molecule has 4 aliphatic heterocycles. The number of amides is 2. The lowest BCUT2D eigenvalue weighted by Crippen LogP contribution is -2.40. The molecule has 4 rings (SSSR count). The number of carbonyl (C=O) groups excluding carboxylic acids is 2. The Bertz CT molecular complexity index is 1320. The van der Waals surface area contributed by atoms with Crippen LogP contribution in [0.2, 0.25) is 0 Å². The van der Waals surface area contributed by atoms with Crippen molar-refractivity contribution < 1.29 is 71.4 Å². The quantitative estimate of drug-likeness (QED) is 0.104. The Kier molecular flexibility index (Phi) is 10.9. The lowest BCUT2D eigenvalue weighted by Gasteiger charge is -2.28. The van der Waals surface area contributed by atoms with Crippen LogP contribution in [-0.4, -0.2) is 116 Å². The SMILES string of the molecule is COP(=O)(OC[C@H]1OC(N2C=CCC(C(N)=O)=C2)[C@H](O)[C@@H]1O)OP(=O)(O)OC[C@H]1O[C@H](N2C=CCC(C(N)=O)=C2)[C@H](O)[C@@H]1O. The van der Waals surface area contributed by atoms with Gasteiger partial charge in [-0.15, -0.1) is 0 Å². The number of aliphatic hydroxyl groups is 4. The number of hydrogen-bond donors (Lipinski definition) is 7. The summed E-state index contributed by atoms with van der Waals surface area (Å²) in [6, 6.07) is 0. The molecule has 0 aromatic carbocycles. The smallest absolute Gasteiger partial charge is 0.387 e. The molecular weight excluding hydrogens is 634 g/mol. The van der Waals surface area contributed by atoms with Gasteiger partial charge in [-0.2, -0.15) is 4.31 Å². The topological polar surface area (TPSA) is 283 Å². The molecule has 3 unspecified atom stereocenters. The number of phosphoric ester groups is 2. The van der Waals surface area contributed by atoms with Crippen molar-refractivity contribution in [1.82, 2.24) is 9.80 Å². The van der Waals surface area contributed by atoms with Gasteiger partial charge >= 0.3 is 15.6 Å².